The fourth-order valence-corrected chi connectivity index (χ4v) is 2.23. The van der Waals surface area contributed by atoms with Crippen LogP contribution in [0.2, 0.25) is 5.02 Å². The molecule has 3 rings (SSSR count). The van der Waals surface area contributed by atoms with Gasteiger partial charge in [0.05, 0.1) is 17.6 Å². The molecule has 0 fully saturated rings. The fraction of sp³-hybridized carbons (Fsp3) is 0.118. The van der Waals surface area contributed by atoms with E-state index < -0.39 is 11.8 Å². The van der Waals surface area contributed by atoms with Gasteiger partial charge in [0, 0.05) is 24.1 Å². The molecule has 7 nitrogen and oxygen atoms in total. The van der Waals surface area contributed by atoms with E-state index >= 15 is 0 Å². The number of aliphatic carboxylic acids is 1. The maximum atomic E-state index is 13.2. The Morgan fingerprint density at radius 1 is 1.27 bits per heavy atom. The molecule has 0 saturated carbocycles. The van der Waals surface area contributed by atoms with Crippen molar-refractivity contribution in [3.63, 3.8) is 0 Å². The molecule has 9 heteroatoms. The first-order valence-corrected chi connectivity index (χ1v) is 7.63. The number of ether oxygens (including phenoxy) is 1. The van der Waals surface area contributed by atoms with E-state index in [-0.39, 0.29) is 10.8 Å². The van der Waals surface area contributed by atoms with Crippen molar-refractivity contribution in [2.24, 2.45) is 0 Å². The number of aromatic hydroxyl groups is 1. The number of fused-ring (bicyclic) bond motifs is 1. The number of carboxylic acids is 1. The molecule has 3 N–H and O–H groups in total. The zero-order valence-corrected chi connectivity index (χ0v) is 14.6. The number of anilines is 2. The summed E-state index contributed by atoms with van der Waals surface area (Å²) in [5.41, 5.74) is 1.17. The Bertz CT molecular complexity index is 949. The normalized spacial score (nSPS) is 10.0. The molecule has 1 aromatic heterocycles. The second-order valence-electron chi connectivity index (χ2n) is 5.04. The van der Waals surface area contributed by atoms with E-state index in [0.29, 0.717) is 28.2 Å². The largest absolute Gasteiger partial charge is 0.504 e. The van der Waals surface area contributed by atoms with Crippen LogP contribution in [0.5, 0.6) is 11.5 Å². The number of nitrogens with zero attached hydrogens (tertiary/aromatic N) is 2. The van der Waals surface area contributed by atoms with E-state index in [2.05, 4.69) is 15.3 Å². The molecule has 1 heterocycles. The molecule has 2 aromatic carbocycles. The lowest BCUT2D eigenvalue weighted by Crippen LogP contribution is -1.97. The molecule has 0 aliphatic carbocycles. The minimum absolute atomic E-state index is 0.00729. The summed E-state index contributed by atoms with van der Waals surface area (Å²) in [5.74, 6) is -0.570. The molecule has 26 heavy (non-hydrogen) atoms. The molecule has 136 valence electrons. The Morgan fingerprint density at radius 3 is 2.58 bits per heavy atom. The van der Waals surface area contributed by atoms with Gasteiger partial charge < -0.3 is 20.3 Å². The first kappa shape index (κ1) is 19.2. The van der Waals surface area contributed by atoms with Gasteiger partial charge in [0.15, 0.2) is 11.5 Å². The zero-order valence-electron chi connectivity index (χ0n) is 13.8. The number of carboxylic acid groups (broad SMARTS) is 1. The van der Waals surface area contributed by atoms with Crippen LogP contribution in [0.1, 0.15) is 6.92 Å². The highest BCUT2D eigenvalue weighted by atomic mass is 35.5. The third-order valence-electron chi connectivity index (χ3n) is 3.12. The second-order valence-corrected chi connectivity index (χ2v) is 5.44. The molecule has 0 aliphatic heterocycles. The van der Waals surface area contributed by atoms with E-state index in [1.54, 1.807) is 12.1 Å². The van der Waals surface area contributed by atoms with Gasteiger partial charge in [-0.05, 0) is 24.3 Å². The Balaban J connectivity index is 0.000000552. The Morgan fingerprint density at radius 2 is 1.96 bits per heavy atom. The summed E-state index contributed by atoms with van der Waals surface area (Å²) in [5, 5.41) is 20.9. The number of phenols is 1. The number of aromatic nitrogens is 2. The van der Waals surface area contributed by atoms with Crippen LogP contribution in [0.3, 0.4) is 0 Å². The third kappa shape index (κ3) is 4.70. The molecule has 0 aliphatic rings. The SMILES string of the molecule is CC(=O)O.COc1cc2ncnc(Nc3ccc(F)c(Cl)c3)c2cc1O. The van der Waals surface area contributed by atoms with Gasteiger partial charge in [-0.3, -0.25) is 4.79 Å². The maximum absolute atomic E-state index is 13.2. The number of nitrogens with one attached hydrogen (secondary N) is 1. The van der Waals surface area contributed by atoms with Gasteiger partial charge >= 0.3 is 0 Å². The van der Waals surface area contributed by atoms with Crippen molar-refractivity contribution in [3.8, 4) is 11.5 Å². The van der Waals surface area contributed by atoms with Crippen LogP contribution in [0.4, 0.5) is 15.9 Å². The monoisotopic (exact) mass is 379 g/mol. The van der Waals surface area contributed by atoms with Crippen LogP contribution in [-0.4, -0.2) is 33.3 Å². The van der Waals surface area contributed by atoms with Crippen molar-refractivity contribution in [3.05, 3.63) is 47.5 Å². The fourth-order valence-electron chi connectivity index (χ4n) is 2.05. The Hall–Kier alpha value is -3.13. The Kier molecular flexibility index (Phi) is 6.13. The highest BCUT2D eigenvalue weighted by Crippen LogP contribution is 2.33. The van der Waals surface area contributed by atoms with Gasteiger partial charge in [-0.1, -0.05) is 11.6 Å². The lowest BCUT2D eigenvalue weighted by atomic mass is 10.2. The predicted octanol–water partition coefficient (Wildman–Crippen LogP) is 3.97. The number of methoxy groups -OCH3 is 1. The maximum Gasteiger partial charge on any atom is 0.300 e. The topological polar surface area (TPSA) is 105 Å². The number of halogens is 2. The number of hydrogen-bond acceptors (Lipinski definition) is 6. The Labute approximate surface area is 153 Å². The molecule has 0 unspecified atom stereocenters. The lowest BCUT2D eigenvalue weighted by Gasteiger charge is -2.10. The molecule has 3 aromatic rings. The van der Waals surface area contributed by atoms with E-state index in [4.69, 9.17) is 26.2 Å². The summed E-state index contributed by atoms with van der Waals surface area (Å²) < 4.78 is 18.2. The number of hydrogen-bond donors (Lipinski definition) is 3. The number of carbonyl (C=O) groups is 1. The summed E-state index contributed by atoms with van der Waals surface area (Å²) >= 11 is 5.76. The van der Waals surface area contributed by atoms with E-state index in [1.807, 2.05) is 0 Å². The summed E-state index contributed by atoms with van der Waals surface area (Å²) in [6, 6.07) is 7.36. The molecule has 0 bridgehead atoms. The quantitative estimate of drug-likeness (QED) is 0.632. The summed E-state index contributed by atoms with van der Waals surface area (Å²) in [6.45, 7) is 1.08. The van der Waals surface area contributed by atoms with Gasteiger partial charge in [0.2, 0.25) is 0 Å². The van der Waals surface area contributed by atoms with Crippen molar-refractivity contribution in [2.45, 2.75) is 6.92 Å². The molecular formula is C17H15ClFN3O4. The minimum Gasteiger partial charge on any atom is -0.504 e. The second kappa shape index (κ2) is 8.30. The van der Waals surface area contributed by atoms with Crippen molar-refractivity contribution in [1.29, 1.82) is 0 Å². The summed E-state index contributed by atoms with van der Waals surface area (Å²) in [4.78, 5) is 17.3. The molecule has 0 amide bonds. The minimum atomic E-state index is -0.833. The van der Waals surface area contributed by atoms with Crippen molar-refractivity contribution in [2.75, 3.05) is 12.4 Å². The van der Waals surface area contributed by atoms with Crippen LogP contribution in [0.25, 0.3) is 10.9 Å². The number of benzene rings is 2. The van der Waals surface area contributed by atoms with Gasteiger partial charge in [0.1, 0.15) is 18.0 Å². The smallest absolute Gasteiger partial charge is 0.300 e. The van der Waals surface area contributed by atoms with E-state index in [9.17, 15) is 9.50 Å². The van der Waals surface area contributed by atoms with Gasteiger partial charge in [-0.2, -0.15) is 0 Å². The summed E-state index contributed by atoms with van der Waals surface area (Å²) in [7, 11) is 1.46. The highest BCUT2D eigenvalue weighted by molar-refractivity contribution is 6.31. The molecule has 0 atom stereocenters. The van der Waals surface area contributed by atoms with Crippen LogP contribution >= 0.6 is 11.6 Å². The molecular weight excluding hydrogens is 365 g/mol. The van der Waals surface area contributed by atoms with E-state index in [1.165, 1.54) is 31.6 Å². The number of rotatable bonds is 3. The highest BCUT2D eigenvalue weighted by Gasteiger charge is 2.10. The van der Waals surface area contributed by atoms with Gasteiger partial charge in [0.25, 0.3) is 5.97 Å². The first-order chi connectivity index (χ1) is 12.3. The van der Waals surface area contributed by atoms with Gasteiger partial charge in [-0.25, -0.2) is 14.4 Å². The zero-order chi connectivity index (χ0) is 19.3. The summed E-state index contributed by atoms with van der Waals surface area (Å²) in [6.07, 6.45) is 1.38. The third-order valence-corrected chi connectivity index (χ3v) is 3.41. The van der Waals surface area contributed by atoms with Crippen LogP contribution in [-0.2, 0) is 4.79 Å². The van der Waals surface area contributed by atoms with Crippen LogP contribution in [0.15, 0.2) is 36.7 Å². The average molecular weight is 380 g/mol. The molecule has 0 spiro atoms. The van der Waals surface area contributed by atoms with Crippen LogP contribution in [0, 0.1) is 5.82 Å². The number of phenolic OH excluding ortho intramolecular Hbond substituents is 1. The lowest BCUT2D eigenvalue weighted by molar-refractivity contribution is -0.134. The van der Waals surface area contributed by atoms with Crippen LogP contribution < -0.4 is 10.1 Å². The molecule has 0 radical (unpaired) electrons. The van der Waals surface area contributed by atoms with E-state index in [0.717, 1.165) is 6.92 Å². The van der Waals surface area contributed by atoms with Crippen molar-refractivity contribution in [1.82, 2.24) is 9.97 Å². The average Bonchev–Trinajstić information content (AvgIpc) is 2.58. The standard InChI is InChI=1S/C15H11ClFN3O2.C2H4O2/c1-22-14-6-12-9(5-13(14)21)15(19-7-18-12)20-8-2-3-11(17)10(16)4-8;1-2(3)4/h2-7,21H,1H3,(H,18,19,20);1H3,(H,3,4). The van der Waals surface area contributed by atoms with Crippen molar-refractivity contribution >= 4 is 40.0 Å². The predicted molar refractivity (Wildman–Crippen MR) is 95.8 cm³/mol. The first-order valence-electron chi connectivity index (χ1n) is 7.25. The van der Waals surface area contributed by atoms with Gasteiger partial charge in [-0.15, -0.1) is 0 Å². The van der Waals surface area contributed by atoms with Crippen molar-refractivity contribution < 1.29 is 24.1 Å². The molecule has 0 saturated heterocycles.